The fourth-order valence-corrected chi connectivity index (χ4v) is 3.36. The number of thiazole rings is 1. The Bertz CT molecular complexity index is 691. The summed E-state index contributed by atoms with van der Waals surface area (Å²) in [4.78, 5) is 17.4. The first-order valence-corrected chi connectivity index (χ1v) is 8.28. The van der Waals surface area contributed by atoms with Crippen molar-refractivity contribution in [2.24, 2.45) is 0 Å². The highest BCUT2D eigenvalue weighted by Crippen LogP contribution is 2.22. The highest BCUT2D eigenvalue weighted by Gasteiger charge is 2.28. The lowest BCUT2D eigenvalue weighted by Crippen LogP contribution is -2.53. The SMILES string of the molecule is C[C@H]1OCCN[C@@H]1C(=O)Nc1ncc(Cc2cccc(F)c2)s1. The number of benzene rings is 1. The van der Waals surface area contributed by atoms with E-state index in [9.17, 15) is 9.18 Å². The maximum atomic E-state index is 13.2. The Morgan fingerprint density at radius 2 is 2.43 bits per heavy atom. The molecule has 5 nitrogen and oxygen atoms in total. The van der Waals surface area contributed by atoms with E-state index in [1.54, 1.807) is 12.3 Å². The number of rotatable bonds is 4. The summed E-state index contributed by atoms with van der Waals surface area (Å²) in [7, 11) is 0. The molecule has 1 aliphatic heterocycles. The van der Waals surface area contributed by atoms with Crippen LogP contribution in [-0.2, 0) is 16.0 Å². The third-order valence-corrected chi connectivity index (χ3v) is 4.56. The number of carbonyl (C=O) groups is 1. The number of ether oxygens (including phenoxy) is 1. The van der Waals surface area contributed by atoms with E-state index in [1.807, 2.05) is 13.0 Å². The van der Waals surface area contributed by atoms with Gasteiger partial charge in [0.1, 0.15) is 11.9 Å². The predicted molar refractivity (Wildman–Crippen MR) is 87.2 cm³/mol. The number of hydrogen-bond donors (Lipinski definition) is 2. The molecule has 1 aromatic heterocycles. The van der Waals surface area contributed by atoms with E-state index in [4.69, 9.17) is 4.74 Å². The van der Waals surface area contributed by atoms with Crippen LogP contribution in [0.5, 0.6) is 0 Å². The molecule has 3 rings (SSSR count). The van der Waals surface area contributed by atoms with Gasteiger partial charge in [0.25, 0.3) is 0 Å². The number of carbonyl (C=O) groups excluding carboxylic acids is 1. The molecule has 1 saturated heterocycles. The van der Waals surface area contributed by atoms with E-state index in [-0.39, 0.29) is 23.9 Å². The lowest BCUT2D eigenvalue weighted by atomic mass is 10.1. The van der Waals surface area contributed by atoms with Crippen molar-refractivity contribution in [3.8, 4) is 0 Å². The lowest BCUT2D eigenvalue weighted by Gasteiger charge is -2.28. The van der Waals surface area contributed by atoms with Crippen LogP contribution >= 0.6 is 11.3 Å². The molecule has 7 heteroatoms. The van der Waals surface area contributed by atoms with Gasteiger partial charge in [-0.1, -0.05) is 12.1 Å². The summed E-state index contributed by atoms with van der Waals surface area (Å²) < 4.78 is 18.7. The number of aromatic nitrogens is 1. The number of nitrogens with zero attached hydrogens (tertiary/aromatic N) is 1. The van der Waals surface area contributed by atoms with E-state index in [0.717, 1.165) is 10.4 Å². The number of morpholine rings is 1. The van der Waals surface area contributed by atoms with Crippen LogP contribution in [0.15, 0.2) is 30.5 Å². The molecule has 2 heterocycles. The Balaban J connectivity index is 1.61. The van der Waals surface area contributed by atoms with Crippen molar-refractivity contribution in [1.29, 1.82) is 0 Å². The maximum Gasteiger partial charge on any atom is 0.245 e. The first kappa shape index (κ1) is 16.0. The minimum atomic E-state index is -0.376. The molecule has 122 valence electrons. The summed E-state index contributed by atoms with van der Waals surface area (Å²) in [5.41, 5.74) is 0.877. The topological polar surface area (TPSA) is 63.2 Å². The van der Waals surface area contributed by atoms with Crippen molar-refractivity contribution >= 4 is 22.4 Å². The van der Waals surface area contributed by atoms with Gasteiger partial charge in [-0.25, -0.2) is 9.37 Å². The fraction of sp³-hybridized carbons (Fsp3) is 0.375. The van der Waals surface area contributed by atoms with Crippen LogP contribution in [0.1, 0.15) is 17.4 Å². The van der Waals surface area contributed by atoms with Gasteiger partial charge < -0.3 is 15.4 Å². The molecule has 0 unspecified atom stereocenters. The molecule has 1 amide bonds. The van der Waals surface area contributed by atoms with Gasteiger partial charge in [-0.3, -0.25) is 4.79 Å². The highest BCUT2D eigenvalue weighted by molar-refractivity contribution is 7.15. The van der Waals surface area contributed by atoms with E-state index in [1.165, 1.54) is 23.5 Å². The number of amides is 1. The molecule has 0 radical (unpaired) electrons. The second-order valence-electron chi connectivity index (χ2n) is 5.44. The molecule has 1 aromatic carbocycles. The van der Waals surface area contributed by atoms with Crippen LogP contribution in [0.25, 0.3) is 0 Å². The van der Waals surface area contributed by atoms with E-state index in [0.29, 0.717) is 24.7 Å². The zero-order valence-corrected chi connectivity index (χ0v) is 13.5. The Hall–Kier alpha value is -1.83. The molecule has 23 heavy (non-hydrogen) atoms. The Morgan fingerprint density at radius 1 is 1.57 bits per heavy atom. The van der Waals surface area contributed by atoms with Gasteiger partial charge >= 0.3 is 0 Å². The minimum Gasteiger partial charge on any atom is -0.375 e. The van der Waals surface area contributed by atoms with Gasteiger partial charge in [-0.2, -0.15) is 0 Å². The van der Waals surface area contributed by atoms with E-state index in [2.05, 4.69) is 15.6 Å². The average Bonchev–Trinajstić information content (AvgIpc) is 2.94. The number of hydrogen-bond acceptors (Lipinski definition) is 5. The van der Waals surface area contributed by atoms with Crippen LogP contribution < -0.4 is 10.6 Å². The first-order valence-electron chi connectivity index (χ1n) is 7.47. The molecule has 0 bridgehead atoms. The standard InChI is InChI=1S/C16H18FN3O2S/c1-10-14(18-5-6-22-10)15(21)20-16-19-9-13(23-16)8-11-3-2-4-12(17)7-11/h2-4,7,9-10,14,18H,5-6,8H2,1H3,(H,19,20,21)/t10-,14+/m1/s1. The van der Waals surface area contributed by atoms with Gasteiger partial charge in [-0.05, 0) is 24.6 Å². The Morgan fingerprint density at radius 3 is 3.22 bits per heavy atom. The average molecular weight is 335 g/mol. The van der Waals surface area contributed by atoms with Crippen molar-refractivity contribution < 1.29 is 13.9 Å². The molecule has 2 aromatic rings. The van der Waals surface area contributed by atoms with Crippen molar-refractivity contribution in [3.05, 3.63) is 46.7 Å². The molecule has 1 fully saturated rings. The normalized spacial score (nSPS) is 21.1. The smallest absolute Gasteiger partial charge is 0.245 e. The van der Waals surface area contributed by atoms with Crippen molar-refractivity contribution in [1.82, 2.24) is 10.3 Å². The van der Waals surface area contributed by atoms with Gasteiger partial charge in [0.05, 0.1) is 12.7 Å². The zero-order chi connectivity index (χ0) is 16.2. The predicted octanol–water partition coefficient (Wildman–Crippen LogP) is 2.19. The fourth-order valence-electron chi connectivity index (χ4n) is 2.51. The summed E-state index contributed by atoms with van der Waals surface area (Å²) in [5, 5.41) is 6.49. The van der Waals surface area contributed by atoms with Crippen molar-refractivity contribution in [2.75, 3.05) is 18.5 Å². The molecule has 1 aliphatic rings. The first-order chi connectivity index (χ1) is 11.1. The van der Waals surface area contributed by atoms with Crippen LogP contribution in [-0.4, -0.2) is 36.2 Å². The second-order valence-corrected chi connectivity index (χ2v) is 6.55. The Kier molecular flexibility index (Phi) is 5.00. The molecule has 0 saturated carbocycles. The Labute approximate surface area is 137 Å². The van der Waals surface area contributed by atoms with Crippen LogP contribution in [0.4, 0.5) is 9.52 Å². The third kappa shape index (κ3) is 4.13. The second kappa shape index (κ2) is 7.16. The number of nitrogens with one attached hydrogen (secondary N) is 2. The quantitative estimate of drug-likeness (QED) is 0.899. The van der Waals surface area contributed by atoms with Crippen molar-refractivity contribution in [2.45, 2.75) is 25.5 Å². The molecular formula is C16H18FN3O2S. The summed E-state index contributed by atoms with van der Waals surface area (Å²) in [5.74, 6) is -0.401. The third-order valence-electron chi connectivity index (χ3n) is 3.65. The maximum absolute atomic E-state index is 13.2. The van der Waals surface area contributed by atoms with Crippen LogP contribution in [0.2, 0.25) is 0 Å². The largest absolute Gasteiger partial charge is 0.375 e. The molecule has 0 spiro atoms. The van der Waals surface area contributed by atoms with Gasteiger partial charge in [0.2, 0.25) is 5.91 Å². The molecule has 0 aliphatic carbocycles. The molecule has 2 atom stereocenters. The van der Waals surface area contributed by atoms with Gasteiger partial charge in [-0.15, -0.1) is 11.3 Å². The number of halogens is 1. The summed E-state index contributed by atoms with van der Waals surface area (Å²) >= 11 is 1.39. The van der Waals surface area contributed by atoms with Crippen LogP contribution in [0, 0.1) is 5.82 Å². The van der Waals surface area contributed by atoms with E-state index >= 15 is 0 Å². The van der Waals surface area contributed by atoms with Crippen molar-refractivity contribution in [3.63, 3.8) is 0 Å². The summed E-state index contributed by atoms with van der Waals surface area (Å²) in [6.45, 7) is 3.14. The molecule has 2 N–H and O–H groups in total. The number of anilines is 1. The van der Waals surface area contributed by atoms with Crippen LogP contribution in [0.3, 0.4) is 0 Å². The van der Waals surface area contributed by atoms with E-state index < -0.39 is 0 Å². The zero-order valence-electron chi connectivity index (χ0n) is 12.7. The lowest BCUT2D eigenvalue weighted by molar-refractivity contribution is -0.123. The van der Waals surface area contributed by atoms with Gasteiger partial charge in [0.15, 0.2) is 5.13 Å². The summed E-state index contributed by atoms with van der Waals surface area (Å²) in [6.07, 6.45) is 2.13. The highest BCUT2D eigenvalue weighted by atomic mass is 32.1. The monoisotopic (exact) mass is 335 g/mol. The summed E-state index contributed by atoms with van der Waals surface area (Å²) in [6, 6.07) is 6.10. The molecular weight excluding hydrogens is 317 g/mol. The van der Waals surface area contributed by atoms with Gasteiger partial charge in [0, 0.05) is 24.0 Å². The minimum absolute atomic E-state index is 0.149.